The van der Waals surface area contributed by atoms with Crippen LogP contribution in [0.25, 0.3) is 0 Å². The normalized spacial score (nSPS) is 12.2. The Balaban J connectivity index is 2.24. The number of oxime groups is 1. The second kappa shape index (κ2) is 6.49. The number of aryl methyl sites for hydroxylation is 1. The summed E-state index contributed by atoms with van der Waals surface area (Å²) in [6.45, 7) is 3.76. The molecule has 2 rings (SSSR count). The van der Waals surface area contributed by atoms with Crippen LogP contribution in [0, 0.1) is 6.92 Å². The second-order valence-corrected chi connectivity index (χ2v) is 6.00. The molecule has 0 radical (unpaired) electrons. The predicted molar refractivity (Wildman–Crippen MR) is 80.5 cm³/mol. The van der Waals surface area contributed by atoms with Gasteiger partial charge >= 0.3 is 10.1 Å². The van der Waals surface area contributed by atoms with E-state index in [1.807, 2.05) is 13.8 Å². The number of aromatic nitrogens is 1. The molecule has 0 aliphatic heterocycles. The van der Waals surface area contributed by atoms with Crippen molar-refractivity contribution in [2.75, 3.05) is 0 Å². The van der Waals surface area contributed by atoms with Crippen molar-refractivity contribution in [1.82, 2.24) is 4.98 Å². The number of rotatable bonds is 5. The fourth-order valence-corrected chi connectivity index (χ4v) is 2.45. The quantitative estimate of drug-likeness (QED) is 0.629. The molecule has 0 fully saturated rings. The topological polar surface area (TPSA) is 68.6 Å². The number of nitrogens with zero attached hydrogens (tertiary/aromatic N) is 2. The molecular weight excluding hydrogens is 288 g/mol. The standard InChI is InChI=1S/C15H16N2O3S/c1-3-15(13-8-10-16-11-9-13)17-20-21(18,19)14-6-4-12(2)5-7-14/h4-11H,3H2,1-2H3. The van der Waals surface area contributed by atoms with Gasteiger partial charge in [-0.05, 0) is 37.6 Å². The third-order valence-corrected chi connectivity index (χ3v) is 4.02. The summed E-state index contributed by atoms with van der Waals surface area (Å²) in [6.07, 6.45) is 3.79. The first-order valence-electron chi connectivity index (χ1n) is 6.50. The number of benzene rings is 1. The molecule has 0 amide bonds. The largest absolute Gasteiger partial charge is 0.358 e. The number of pyridine rings is 1. The minimum atomic E-state index is -3.89. The number of hydrogen-bond donors (Lipinski definition) is 0. The van der Waals surface area contributed by atoms with Crippen LogP contribution in [0.3, 0.4) is 0 Å². The Bertz CT molecular complexity index is 723. The number of hydrogen-bond acceptors (Lipinski definition) is 5. The molecular formula is C15H16N2O3S. The molecule has 0 aliphatic rings. The molecule has 2 aromatic rings. The van der Waals surface area contributed by atoms with E-state index >= 15 is 0 Å². The van der Waals surface area contributed by atoms with Gasteiger partial charge in [-0.15, -0.1) is 0 Å². The molecule has 0 N–H and O–H groups in total. The lowest BCUT2D eigenvalue weighted by Crippen LogP contribution is -2.06. The monoisotopic (exact) mass is 304 g/mol. The predicted octanol–water partition coefficient (Wildman–Crippen LogP) is 2.91. The van der Waals surface area contributed by atoms with Crippen LogP contribution in [-0.2, 0) is 14.4 Å². The van der Waals surface area contributed by atoms with Crippen LogP contribution in [-0.4, -0.2) is 19.1 Å². The van der Waals surface area contributed by atoms with Gasteiger partial charge in [0.05, 0.1) is 5.71 Å². The van der Waals surface area contributed by atoms with E-state index in [1.54, 1.807) is 36.7 Å². The summed E-state index contributed by atoms with van der Waals surface area (Å²) in [4.78, 5) is 4.00. The Kier molecular flexibility index (Phi) is 4.70. The molecule has 1 aromatic carbocycles. The molecule has 0 unspecified atom stereocenters. The van der Waals surface area contributed by atoms with Crippen molar-refractivity contribution in [3.8, 4) is 0 Å². The zero-order valence-corrected chi connectivity index (χ0v) is 12.7. The molecule has 5 nitrogen and oxygen atoms in total. The molecule has 6 heteroatoms. The van der Waals surface area contributed by atoms with E-state index < -0.39 is 10.1 Å². The van der Waals surface area contributed by atoms with Gasteiger partial charge < -0.3 is 0 Å². The molecule has 0 saturated heterocycles. The van der Waals surface area contributed by atoms with Crippen molar-refractivity contribution >= 4 is 15.8 Å². The second-order valence-electron chi connectivity index (χ2n) is 4.47. The van der Waals surface area contributed by atoms with E-state index in [2.05, 4.69) is 10.1 Å². The maximum atomic E-state index is 12.1. The van der Waals surface area contributed by atoms with Gasteiger partial charge in [0, 0.05) is 18.0 Å². The molecule has 21 heavy (non-hydrogen) atoms. The Morgan fingerprint density at radius 2 is 1.76 bits per heavy atom. The van der Waals surface area contributed by atoms with Crippen molar-refractivity contribution < 1.29 is 12.7 Å². The highest BCUT2D eigenvalue weighted by atomic mass is 32.2. The Labute approximate surface area is 124 Å². The van der Waals surface area contributed by atoms with Crippen molar-refractivity contribution in [2.24, 2.45) is 5.16 Å². The summed E-state index contributed by atoms with van der Waals surface area (Å²) in [5.74, 6) is 0. The van der Waals surface area contributed by atoms with Crippen LogP contribution < -0.4 is 0 Å². The summed E-state index contributed by atoms with van der Waals surface area (Å²) < 4.78 is 28.9. The van der Waals surface area contributed by atoms with E-state index in [9.17, 15) is 8.42 Å². The molecule has 0 saturated carbocycles. The lowest BCUT2D eigenvalue weighted by Gasteiger charge is -2.05. The van der Waals surface area contributed by atoms with Crippen LogP contribution in [0.1, 0.15) is 24.5 Å². The molecule has 0 atom stereocenters. The third kappa shape index (κ3) is 3.88. The van der Waals surface area contributed by atoms with Crippen molar-refractivity contribution in [3.05, 3.63) is 59.9 Å². The summed E-state index contributed by atoms with van der Waals surface area (Å²) in [6, 6.07) is 9.93. The Hall–Kier alpha value is -2.21. The first kappa shape index (κ1) is 15.2. The van der Waals surface area contributed by atoms with Gasteiger partial charge in [-0.1, -0.05) is 29.8 Å². The summed E-state index contributed by atoms with van der Waals surface area (Å²) in [5.41, 5.74) is 2.31. The maximum Gasteiger partial charge on any atom is 0.358 e. The average molecular weight is 304 g/mol. The highest BCUT2D eigenvalue weighted by Gasteiger charge is 2.16. The van der Waals surface area contributed by atoms with E-state index in [0.29, 0.717) is 12.1 Å². The van der Waals surface area contributed by atoms with Gasteiger partial charge in [-0.25, -0.2) is 0 Å². The van der Waals surface area contributed by atoms with E-state index in [0.717, 1.165) is 11.1 Å². The van der Waals surface area contributed by atoms with E-state index in [4.69, 9.17) is 4.28 Å². The first-order valence-corrected chi connectivity index (χ1v) is 7.91. The fraction of sp³-hybridized carbons (Fsp3) is 0.200. The van der Waals surface area contributed by atoms with Crippen LogP contribution in [0.2, 0.25) is 0 Å². The van der Waals surface area contributed by atoms with Gasteiger partial charge in [0.25, 0.3) is 0 Å². The SMILES string of the molecule is CCC(=NOS(=O)(=O)c1ccc(C)cc1)c1ccncc1. The molecule has 0 aliphatic carbocycles. The molecule has 0 bridgehead atoms. The fourth-order valence-electron chi connectivity index (χ4n) is 1.71. The van der Waals surface area contributed by atoms with E-state index in [-0.39, 0.29) is 4.90 Å². The Morgan fingerprint density at radius 1 is 1.14 bits per heavy atom. The highest BCUT2D eigenvalue weighted by molar-refractivity contribution is 7.86. The van der Waals surface area contributed by atoms with Crippen molar-refractivity contribution in [3.63, 3.8) is 0 Å². The lowest BCUT2D eigenvalue weighted by atomic mass is 10.1. The zero-order chi connectivity index (χ0) is 15.3. The zero-order valence-electron chi connectivity index (χ0n) is 11.9. The van der Waals surface area contributed by atoms with Gasteiger partial charge in [0.2, 0.25) is 0 Å². The van der Waals surface area contributed by atoms with Gasteiger partial charge in [0.15, 0.2) is 0 Å². The van der Waals surface area contributed by atoms with Crippen molar-refractivity contribution in [1.29, 1.82) is 0 Å². The van der Waals surface area contributed by atoms with Gasteiger partial charge in [-0.3, -0.25) is 9.27 Å². The first-order chi connectivity index (χ1) is 10.0. The third-order valence-electron chi connectivity index (χ3n) is 2.90. The van der Waals surface area contributed by atoms with E-state index in [1.165, 1.54) is 12.1 Å². The van der Waals surface area contributed by atoms with Gasteiger partial charge in [-0.2, -0.15) is 8.42 Å². The van der Waals surface area contributed by atoms with Crippen LogP contribution >= 0.6 is 0 Å². The average Bonchev–Trinajstić information content (AvgIpc) is 2.49. The lowest BCUT2D eigenvalue weighted by molar-refractivity contribution is 0.338. The van der Waals surface area contributed by atoms with Crippen molar-refractivity contribution in [2.45, 2.75) is 25.2 Å². The summed E-state index contributed by atoms with van der Waals surface area (Å²) in [7, 11) is -3.89. The molecule has 1 aromatic heterocycles. The van der Waals surface area contributed by atoms with Crippen LogP contribution in [0.4, 0.5) is 0 Å². The van der Waals surface area contributed by atoms with Crippen LogP contribution in [0.5, 0.6) is 0 Å². The molecule has 0 spiro atoms. The van der Waals surface area contributed by atoms with Crippen LogP contribution in [0.15, 0.2) is 58.8 Å². The minimum absolute atomic E-state index is 0.0852. The Morgan fingerprint density at radius 3 is 2.33 bits per heavy atom. The smallest absolute Gasteiger partial charge is 0.265 e. The maximum absolute atomic E-state index is 12.1. The summed E-state index contributed by atoms with van der Waals surface area (Å²) in [5, 5.41) is 3.78. The molecule has 110 valence electrons. The summed E-state index contributed by atoms with van der Waals surface area (Å²) >= 11 is 0. The minimum Gasteiger partial charge on any atom is -0.265 e. The molecule has 1 heterocycles. The van der Waals surface area contributed by atoms with Gasteiger partial charge in [0.1, 0.15) is 4.90 Å². The highest BCUT2D eigenvalue weighted by Crippen LogP contribution is 2.14.